The summed E-state index contributed by atoms with van der Waals surface area (Å²) in [7, 11) is 1.82. The summed E-state index contributed by atoms with van der Waals surface area (Å²) in [5, 5.41) is 3.47. The van der Waals surface area contributed by atoms with Crippen molar-refractivity contribution in [3.63, 3.8) is 0 Å². The Bertz CT molecular complexity index is 298. The summed E-state index contributed by atoms with van der Waals surface area (Å²) in [6.45, 7) is 3.07. The summed E-state index contributed by atoms with van der Waals surface area (Å²) >= 11 is 0. The Balaban J connectivity index is 2.02. The molecule has 1 saturated carbocycles. The van der Waals surface area contributed by atoms with E-state index in [1.54, 1.807) is 6.26 Å². The molecule has 1 N–H and O–H groups in total. The van der Waals surface area contributed by atoms with Crippen molar-refractivity contribution < 1.29 is 9.15 Å². The van der Waals surface area contributed by atoms with Gasteiger partial charge in [0, 0.05) is 7.11 Å². The minimum atomic E-state index is 0.0830. The van der Waals surface area contributed by atoms with Crippen molar-refractivity contribution in [1.29, 1.82) is 0 Å². The van der Waals surface area contributed by atoms with Crippen LogP contribution >= 0.6 is 0 Å². The third kappa shape index (κ3) is 2.30. The highest BCUT2D eigenvalue weighted by atomic mass is 16.5. The van der Waals surface area contributed by atoms with Crippen LogP contribution in [0.15, 0.2) is 22.8 Å². The van der Waals surface area contributed by atoms with Gasteiger partial charge in [-0.2, -0.15) is 0 Å². The predicted molar refractivity (Wildman–Crippen MR) is 63.3 cm³/mol. The molecule has 1 atom stereocenters. The van der Waals surface area contributed by atoms with Gasteiger partial charge in [-0.05, 0) is 44.4 Å². The molecule has 3 nitrogen and oxygen atoms in total. The molecular weight excluding hydrogens is 202 g/mol. The fourth-order valence-corrected chi connectivity index (χ4v) is 2.44. The number of ether oxygens (including phenoxy) is 1. The lowest BCUT2D eigenvalue weighted by molar-refractivity contribution is -0.0848. The number of rotatable bonds is 6. The lowest BCUT2D eigenvalue weighted by atomic mass is 9.75. The second kappa shape index (κ2) is 5.02. The molecule has 1 aromatic heterocycles. The monoisotopic (exact) mass is 223 g/mol. The first-order chi connectivity index (χ1) is 7.79. The first-order valence-electron chi connectivity index (χ1n) is 6.11. The highest BCUT2D eigenvalue weighted by Crippen LogP contribution is 2.41. The molecule has 1 aromatic rings. The molecular formula is C13H21NO2. The third-order valence-corrected chi connectivity index (χ3v) is 3.61. The Hall–Kier alpha value is -0.800. The first-order valence-corrected chi connectivity index (χ1v) is 6.11. The van der Waals surface area contributed by atoms with Crippen LogP contribution in [0.25, 0.3) is 0 Å². The van der Waals surface area contributed by atoms with E-state index in [0.717, 1.165) is 18.7 Å². The van der Waals surface area contributed by atoms with Crippen molar-refractivity contribution >= 4 is 0 Å². The topological polar surface area (TPSA) is 34.4 Å². The van der Waals surface area contributed by atoms with Crippen LogP contribution in [-0.2, 0) is 4.74 Å². The zero-order valence-corrected chi connectivity index (χ0v) is 10.2. The van der Waals surface area contributed by atoms with Gasteiger partial charge in [0.05, 0.1) is 17.9 Å². The number of hydrogen-bond acceptors (Lipinski definition) is 3. The van der Waals surface area contributed by atoms with Crippen molar-refractivity contribution in [2.45, 2.75) is 44.2 Å². The lowest BCUT2D eigenvalue weighted by Crippen LogP contribution is -2.42. The van der Waals surface area contributed by atoms with Gasteiger partial charge in [0.1, 0.15) is 5.76 Å². The standard InChI is InChI=1S/C13H21NO2/c1-3-14-11(12-6-4-9-16-12)10-13(15-2)7-5-8-13/h4,6,9,11,14H,3,5,7-8,10H2,1-2H3. The Morgan fingerprint density at radius 2 is 2.38 bits per heavy atom. The van der Waals surface area contributed by atoms with Gasteiger partial charge in [0.15, 0.2) is 0 Å². The van der Waals surface area contributed by atoms with Gasteiger partial charge in [-0.25, -0.2) is 0 Å². The molecule has 1 unspecified atom stereocenters. The first kappa shape index (κ1) is 11.7. The van der Waals surface area contributed by atoms with Crippen LogP contribution in [-0.4, -0.2) is 19.3 Å². The molecule has 16 heavy (non-hydrogen) atoms. The van der Waals surface area contributed by atoms with Crippen LogP contribution in [0.2, 0.25) is 0 Å². The van der Waals surface area contributed by atoms with E-state index < -0.39 is 0 Å². The Morgan fingerprint density at radius 3 is 2.81 bits per heavy atom. The zero-order valence-electron chi connectivity index (χ0n) is 10.2. The average Bonchev–Trinajstić information content (AvgIpc) is 2.75. The SMILES string of the molecule is CCNC(CC1(OC)CCC1)c1ccco1. The van der Waals surface area contributed by atoms with Crippen LogP contribution in [0.4, 0.5) is 0 Å². The molecule has 1 aliphatic rings. The molecule has 2 rings (SSSR count). The van der Waals surface area contributed by atoms with Crippen LogP contribution in [0.1, 0.15) is 44.4 Å². The number of nitrogens with one attached hydrogen (secondary N) is 1. The van der Waals surface area contributed by atoms with Crippen LogP contribution in [0, 0.1) is 0 Å². The molecule has 1 aliphatic carbocycles. The van der Waals surface area contributed by atoms with Crippen molar-refractivity contribution in [2.75, 3.05) is 13.7 Å². The Kier molecular flexibility index (Phi) is 3.66. The number of furan rings is 1. The Morgan fingerprint density at radius 1 is 1.56 bits per heavy atom. The quantitative estimate of drug-likeness (QED) is 0.805. The highest BCUT2D eigenvalue weighted by molar-refractivity contribution is 5.07. The predicted octanol–water partition coefficient (Wildman–Crippen LogP) is 2.89. The summed E-state index contributed by atoms with van der Waals surface area (Å²) in [6.07, 6.45) is 6.37. The molecule has 0 aromatic carbocycles. The van der Waals surface area contributed by atoms with Crippen molar-refractivity contribution in [1.82, 2.24) is 5.32 Å². The van der Waals surface area contributed by atoms with Gasteiger partial charge in [-0.1, -0.05) is 6.92 Å². The number of hydrogen-bond donors (Lipinski definition) is 1. The summed E-state index contributed by atoms with van der Waals surface area (Å²) in [5.41, 5.74) is 0.0830. The molecule has 0 spiro atoms. The molecule has 0 bridgehead atoms. The van der Waals surface area contributed by atoms with Gasteiger partial charge >= 0.3 is 0 Å². The maximum absolute atomic E-state index is 5.67. The van der Waals surface area contributed by atoms with Gasteiger partial charge in [-0.3, -0.25) is 0 Å². The van der Waals surface area contributed by atoms with Gasteiger partial charge in [-0.15, -0.1) is 0 Å². The zero-order chi connectivity index (χ0) is 11.4. The molecule has 0 saturated heterocycles. The van der Waals surface area contributed by atoms with Crippen molar-refractivity contribution in [2.24, 2.45) is 0 Å². The maximum atomic E-state index is 5.67. The van der Waals surface area contributed by atoms with Crippen molar-refractivity contribution in [3.05, 3.63) is 24.2 Å². The molecule has 1 fully saturated rings. The van der Waals surface area contributed by atoms with E-state index in [2.05, 4.69) is 12.2 Å². The van der Waals surface area contributed by atoms with E-state index >= 15 is 0 Å². The van der Waals surface area contributed by atoms with Crippen molar-refractivity contribution in [3.8, 4) is 0 Å². The second-order valence-corrected chi connectivity index (χ2v) is 4.57. The normalized spacial score (nSPS) is 20.4. The summed E-state index contributed by atoms with van der Waals surface area (Å²) in [6, 6.07) is 4.26. The van der Waals surface area contributed by atoms with E-state index in [9.17, 15) is 0 Å². The van der Waals surface area contributed by atoms with Gasteiger partial charge in [0.25, 0.3) is 0 Å². The third-order valence-electron chi connectivity index (χ3n) is 3.61. The van der Waals surface area contributed by atoms with Crippen LogP contribution in [0.5, 0.6) is 0 Å². The molecule has 0 amide bonds. The summed E-state index contributed by atoms with van der Waals surface area (Å²) in [5.74, 6) is 1.02. The van der Waals surface area contributed by atoms with E-state index in [-0.39, 0.29) is 11.6 Å². The Labute approximate surface area is 97.2 Å². The maximum Gasteiger partial charge on any atom is 0.120 e. The second-order valence-electron chi connectivity index (χ2n) is 4.57. The lowest BCUT2D eigenvalue weighted by Gasteiger charge is -2.42. The fraction of sp³-hybridized carbons (Fsp3) is 0.692. The van der Waals surface area contributed by atoms with Crippen LogP contribution < -0.4 is 5.32 Å². The van der Waals surface area contributed by atoms with E-state index in [0.29, 0.717) is 0 Å². The molecule has 0 radical (unpaired) electrons. The van der Waals surface area contributed by atoms with Gasteiger partial charge < -0.3 is 14.5 Å². The number of methoxy groups -OCH3 is 1. The molecule has 0 aliphatic heterocycles. The minimum Gasteiger partial charge on any atom is -0.468 e. The van der Waals surface area contributed by atoms with Gasteiger partial charge in [0.2, 0.25) is 0 Å². The molecule has 1 heterocycles. The largest absolute Gasteiger partial charge is 0.468 e. The fourth-order valence-electron chi connectivity index (χ4n) is 2.44. The van der Waals surface area contributed by atoms with E-state index in [1.807, 2.05) is 19.2 Å². The highest BCUT2D eigenvalue weighted by Gasteiger charge is 2.39. The van der Waals surface area contributed by atoms with Crippen LogP contribution in [0.3, 0.4) is 0 Å². The average molecular weight is 223 g/mol. The molecule has 3 heteroatoms. The summed E-state index contributed by atoms with van der Waals surface area (Å²) < 4.78 is 11.2. The molecule has 90 valence electrons. The minimum absolute atomic E-state index is 0.0830. The van der Waals surface area contributed by atoms with E-state index in [1.165, 1.54) is 19.3 Å². The van der Waals surface area contributed by atoms with E-state index in [4.69, 9.17) is 9.15 Å². The smallest absolute Gasteiger partial charge is 0.120 e. The summed E-state index contributed by atoms with van der Waals surface area (Å²) in [4.78, 5) is 0.